The van der Waals surface area contributed by atoms with Crippen molar-refractivity contribution in [2.24, 2.45) is 0 Å². The second kappa shape index (κ2) is 10.4. The molecule has 0 N–H and O–H groups in total. The summed E-state index contributed by atoms with van der Waals surface area (Å²) in [4.78, 5) is 26.8. The lowest BCUT2D eigenvalue weighted by atomic mass is 10.1. The summed E-state index contributed by atoms with van der Waals surface area (Å²) in [5.41, 5.74) is 1.58. The molecule has 1 heterocycles. The normalized spacial score (nSPS) is 15.2. The number of carbonyl (C=O) groups is 2. The van der Waals surface area contributed by atoms with Gasteiger partial charge in [0.2, 0.25) is 0 Å². The number of carbonyl (C=O) groups excluding carboxylic acids is 2. The number of hydrogen-bond donors (Lipinski definition) is 0. The molecular formula is C22H21BrClNO4S. The van der Waals surface area contributed by atoms with Crippen LogP contribution in [0.15, 0.2) is 45.8 Å². The highest BCUT2D eigenvalue weighted by molar-refractivity contribution is 9.10. The van der Waals surface area contributed by atoms with Gasteiger partial charge in [-0.05, 0) is 82.5 Å². The number of amides is 2. The van der Waals surface area contributed by atoms with Crippen LogP contribution in [0.4, 0.5) is 4.79 Å². The molecule has 8 heteroatoms. The summed E-state index contributed by atoms with van der Waals surface area (Å²) in [6.45, 7) is 5.18. The SMILES string of the molecule is CCCOc1c(Br)cc(/C=C2\SC(=O)N(Cc3ccc(Cl)cc3)C2=O)cc1OCC. The average molecular weight is 511 g/mol. The molecule has 5 nitrogen and oxygen atoms in total. The maximum Gasteiger partial charge on any atom is 0.293 e. The lowest BCUT2D eigenvalue weighted by molar-refractivity contribution is -0.123. The van der Waals surface area contributed by atoms with Crippen LogP contribution in [0, 0.1) is 0 Å². The first-order valence-corrected chi connectivity index (χ1v) is 11.5. The fourth-order valence-electron chi connectivity index (χ4n) is 2.84. The third-order valence-electron chi connectivity index (χ3n) is 4.21. The molecule has 2 amide bonds. The Balaban J connectivity index is 1.84. The molecule has 0 atom stereocenters. The lowest BCUT2D eigenvalue weighted by Crippen LogP contribution is -2.27. The van der Waals surface area contributed by atoms with Crippen molar-refractivity contribution in [1.82, 2.24) is 4.90 Å². The average Bonchev–Trinajstić information content (AvgIpc) is 2.96. The Morgan fingerprint density at radius 3 is 2.53 bits per heavy atom. The summed E-state index contributed by atoms with van der Waals surface area (Å²) in [5, 5.41) is 0.308. The standard InChI is InChI=1S/C22H21BrClNO4S/c1-3-9-29-20-17(23)10-15(11-18(20)28-4-2)12-19-21(26)25(22(27)30-19)13-14-5-7-16(24)8-6-14/h5-8,10-12H,3-4,9,13H2,1-2H3/b19-12-. The number of thioether (sulfide) groups is 1. The molecule has 1 aliphatic rings. The second-order valence-electron chi connectivity index (χ2n) is 6.51. The number of benzene rings is 2. The van der Waals surface area contributed by atoms with Crippen LogP contribution in [-0.2, 0) is 11.3 Å². The van der Waals surface area contributed by atoms with Gasteiger partial charge >= 0.3 is 0 Å². The van der Waals surface area contributed by atoms with Crippen molar-refractivity contribution in [1.29, 1.82) is 0 Å². The lowest BCUT2D eigenvalue weighted by Gasteiger charge is -2.14. The molecule has 0 bridgehead atoms. The zero-order valence-corrected chi connectivity index (χ0v) is 19.8. The van der Waals surface area contributed by atoms with Gasteiger partial charge in [0.1, 0.15) is 0 Å². The summed E-state index contributed by atoms with van der Waals surface area (Å²) in [6.07, 6.45) is 2.57. The van der Waals surface area contributed by atoms with Crippen LogP contribution < -0.4 is 9.47 Å². The Morgan fingerprint density at radius 2 is 1.87 bits per heavy atom. The topological polar surface area (TPSA) is 55.8 Å². The number of imide groups is 1. The van der Waals surface area contributed by atoms with E-state index >= 15 is 0 Å². The fraction of sp³-hybridized carbons (Fsp3) is 0.273. The smallest absolute Gasteiger partial charge is 0.293 e. The van der Waals surface area contributed by atoms with E-state index in [0.29, 0.717) is 34.6 Å². The van der Waals surface area contributed by atoms with E-state index in [0.717, 1.165) is 33.8 Å². The van der Waals surface area contributed by atoms with E-state index < -0.39 is 0 Å². The number of rotatable bonds is 8. The molecule has 0 saturated carbocycles. The minimum Gasteiger partial charge on any atom is -0.490 e. The van der Waals surface area contributed by atoms with Crippen LogP contribution in [0.3, 0.4) is 0 Å². The van der Waals surface area contributed by atoms with Crippen LogP contribution in [0.1, 0.15) is 31.4 Å². The molecular weight excluding hydrogens is 490 g/mol. The van der Waals surface area contributed by atoms with Gasteiger partial charge < -0.3 is 9.47 Å². The van der Waals surface area contributed by atoms with E-state index in [2.05, 4.69) is 15.9 Å². The molecule has 1 aliphatic heterocycles. The highest BCUT2D eigenvalue weighted by Crippen LogP contribution is 2.39. The second-order valence-corrected chi connectivity index (χ2v) is 8.79. The maximum absolute atomic E-state index is 12.8. The third-order valence-corrected chi connectivity index (χ3v) is 5.96. The van der Waals surface area contributed by atoms with E-state index in [4.69, 9.17) is 21.1 Å². The van der Waals surface area contributed by atoms with Gasteiger partial charge in [-0.15, -0.1) is 0 Å². The van der Waals surface area contributed by atoms with Crippen molar-refractivity contribution in [2.75, 3.05) is 13.2 Å². The van der Waals surface area contributed by atoms with Gasteiger partial charge in [-0.1, -0.05) is 30.7 Å². The first-order valence-electron chi connectivity index (χ1n) is 9.51. The zero-order chi connectivity index (χ0) is 21.7. The van der Waals surface area contributed by atoms with Gasteiger partial charge in [0.15, 0.2) is 11.5 Å². The molecule has 30 heavy (non-hydrogen) atoms. The summed E-state index contributed by atoms with van der Waals surface area (Å²) >= 11 is 10.4. The predicted octanol–water partition coefficient (Wildman–Crippen LogP) is 6.53. The number of halogens is 2. The molecule has 0 spiro atoms. The first kappa shape index (κ1) is 22.7. The third kappa shape index (κ3) is 5.39. The maximum atomic E-state index is 12.8. The van der Waals surface area contributed by atoms with Crippen LogP contribution >= 0.6 is 39.3 Å². The molecule has 0 aromatic heterocycles. The summed E-state index contributed by atoms with van der Waals surface area (Å²) in [6, 6.07) is 10.7. The Bertz CT molecular complexity index is 978. The summed E-state index contributed by atoms with van der Waals surface area (Å²) in [7, 11) is 0. The van der Waals surface area contributed by atoms with Gasteiger partial charge in [0, 0.05) is 5.02 Å². The first-order chi connectivity index (χ1) is 14.4. The Hall–Kier alpha value is -1.96. The highest BCUT2D eigenvalue weighted by atomic mass is 79.9. The van der Waals surface area contributed by atoms with E-state index in [-0.39, 0.29) is 17.7 Å². The van der Waals surface area contributed by atoms with Crippen molar-refractivity contribution in [2.45, 2.75) is 26.8 Å². The van der Waals surface area contributed by atoms with E-state index in [9.17, 15) is 9.59 Å². The van der Waals surface area contributed by atoms with Gasteiger partial charge in [0.05, 0.1) is 29.1 Å². The largest absolute Gasteiger partial charge is 0.490 e. The van der Waals surface area contributed by atoms with Crippen LogP contribution in [0.25, 0.3) is 6.08 Å². The molecule has 3 rings (SSSR count). The molecule has 158 valence electrons. The monoisotopic (exact) mass is 509 g/mol. The van der Waals surface area contributed by atoms with Gasteiger partial charge in [-0.3, -0.25) is 14.5 Å². The quantitative estimate of drug-likeness (QED) is 0.378. The summed E-state index contributed by atoms with van der Waals surface area (Å²) < 4.78 is 12.2. The fourth-order valence-corrected chi connectivity index (χ4v) is 4.38. The molecule has 1 fully saturated rings. The van der Waals surface area contributed by atoms with Crippen molar-refractivity contribution in [3.05, 3.63) is 61.9 Å². The van der Waals surface area contributed by atoms with E-state index in [1.54, 1.807) is 30.3 Å². The number of ether oxygens (including phenoxy) is 2. The Kier molecular flexibility index (Phi) is 7.86. The Morgan fingerprint density at radius 1 is 1.13 bits per heavy atom. The molecule has 0 aliphatic carbocycles. The minimum atomic E-state index is -0.319. The zero-order valence-electron chi connectivity index (χ0n) is 16.6. The van der Waals surface area contributed by atoms with Gasteiger partial charge in [0.25, 0.3) is 11.1 Å². The predicted molar refractivity (Wildman–Crippen MR) is 124 cm³/mol. The minimum absolute atomic E-state index is 0.205. The van der Waals surface area contributed by atoms with Crippen molar-refractivity contribution in [3.63, 3.8) is 0 Å². The van der Waals surface area contributed by atoms with Crippen LogP contribution in [0.5, 0.6) is 11.5 Å². The van der Waals surface area contributed by atoms with Gasteiger partial charge in [-0.25, -0.2) is 0 Å². The molecule has 2 aromatic carbocycles. The molecule has 0 radical (unpaired) electrons. The van der Waals surface area contributed by atoms with Crippen LogP contribution in [0.2, 0.25) is 5.02 Å². The molecule has 1 saturated heterocycles. The van der Waals surface area contributed by atoms with Crippen molar-refractivity contribution >= 4 is 56.5 Å². The van der Waals surface area contributed by atoms with Gasteiger partial charge in [-0.2, -0.15) is 0 Å². The Labute approximate surface area is 193 Å². The van der Waals surface area contributed by atoms with Crippen molar-refractivity contribution < 1.29 is 19.1 Å². The van der Waals surface area contributed by atoms with Crippen molar-refractivity contribution in [3.8, 4) is 11.5 Å². The number of nitrogens with zero attached hydrogens (tertiary/aromatic N) is 1. The molecule has 0 unspecified atom stereocenters. The number of hydrogen-bond acceptors (Lipinski definition) is 5. The highest BCUT2D eigenvalue weighted by Gasteiger charge is 2.35. The van der Waals surface area contributed by atoms with E-state index in [1.165, 1.54) is 4.90 Å². The summed E-state index contributed by atoms with van der Waals surface area (Å²) in [5.74, 6) is 0.902. The van der Waals surface area contributed by atoms with Crippen LogP contribution in [-0.4, -0.2) is 29.3 Å². The van der Waals surface area contributed by atoms with E-state index in [1.807, 2.05) is 26.0 Å². The molecule has 2 aromatic rings.